The number of halogens is 1. The molecule has 126 valence electrons. The van der Waals surface area contributed by atoms with Crippen LogP contribution in [0.15, 0.2) is 34.1 Å². The van der Waals surface area contributed by atoms with Gasteiger partial charge < -0.3 is 5.32 Å². The summed E-state index contributed by atoms with van der Waals surface area (Å²) in [4.78, 5) is 0.0953. The first-order valence-corrected chi connectivity index (χ1v) is 10.0. The Balaban J connectivity index is 0.00000242. The maximum Gasteiger partial charge on any atom is 0.243 e. The van der Waals surface area contributed by atoms with Crippen molar-refractivity contribution in [3.63, 3.8) is 0 Å². The van der Waals surface area contributed by atoms with Crippen LogP contribution in [0.25, 0.3) is 0 Å². The van der Waals surface area contributed by atoms with Gasteiger partial charge in [0.2, 0.25) is 10.0 Å². The molecule has 0 aromatic heterocycles. The third-order valence-electron chi connectivity index (χ3n) is 3.48. The van der Waals surface area contributed by atoms with E-state index in [4.69, 9.17) is 0 Å². The second-order valence-electron chi connectivity index (χ2n) is 4.89. The molecule has 9 heteroatoms. The van der Waals surface area contributed by atoms with Gasteiger partial charge in [-0.25, -0.2) is 16.8 Å². The van der Waals surface area contributed by atoms with Crippen LogP contribution in [0.1, 0.15) is 13.3 Å². The minimum Gasteiger partial charge on any atom is -0.315 e. The molecule has 2 rings (SSSR count). The Hall–Kier alpha value is -0.670. The van der Waals surface area contributed by atoms with Crippen molar-refractivity contribution in [3.8, 4) is 0 Å². The summed E-state index contributed by atoms with van der Waals surface area (Å²) in [6.07, 6.45) is 0.742. The Morgan fingerprint density at radius 3 is 2.45 bits per heavy atom. The summed E-state index contributed by atoms with van der Waals surface area (Å²) in [5, 5.41) is 3.14. The van der Waals surface area contributed by atoms with Crippen molar-refractivity contribution in [2.75, 3.05) is 31.9 Å². The molecule has 6 nitrogen and oxygen atoms in total. The molecule has 1 aliphatic rings. The number of sulfone groups is 1. The van der Waals surface area contributed by atoms with E-state index in [0.717, 1.165) is 13.0 Å². The summed E-state index contributed by atoms with van der Waals surface area (Å²) in [7, 11) is -7.06. The number of hydrogen-bond donors (Lipinski definition) is 1. The maximum atomic E-state index is 12.6. The van der Waals surface area contributed by atoms with E-state index in [1.165, 1.54) is 35.5 Å². The minimum absolute atomic E-state index is 0. The summed E-state index contributed by atoms with van der Waals surface area (Å²) < 4.78 is 50.4. The van der Waals surface area contributed by atoms with Gasteiger partial charge in [-0.05, 0) is 31.2 Å². The lowest BCUT2D eigenvalue weighted by Gasteiger charge is -2.19. The van der Waals surface area contributed by atoms with Crippen LogP contribution in [-0.4, -0.2) is 53.1 Å². The second-order valence-corrected chi connectivity index (χ2v) is 9.10. The van der Waals surface area contributed by atoms with Crippen molar-refractivity contribution < 1.29 is 16.8 Å². The summed E-state index contributed by atoms with van der Waals surface area (Å²) in [5.74, 6) is -0.0515. The van der Waals surface area contributed by atoms with Crippen molar-refractivity contribution in [1.82, 2.24) is 9.62 Å². The highest BCUT2D eigenvalue weighted by molar-refractivity contribution is 7.91. The first-order valence-electron chi connectivity index (χ1n) is 6.91. The van der Waals surface area contributed by atoms with Crippen molar-refractivity contribution >= 4 is 32.3 Å². The molecular weight excluding hydrogens is 348 g/mol. The molecule has 0 saturated carbocycles. The van der Waals surface area contributed by atoms with Gasteiger partial charge in [-0.15, -0.1) is 12.4 Å². The topological polar surface area (TPSA) is 83.5 Å². The average molecular weight is 369 g/mol. The summed E-state index contributed by atoms with van der Waals surface area (Å²) in [6, 6.07) is 5.61. The lowest BCUT2D eigenvalue weighted by molar-refractivity contribution is 0.432. The van der Waals surface area contributed by atoms with E-state index in [1.54, 1.807) is 0 Å². The van der Waals surface area contributed by atoms with E-state index in [-0.39, 0.29) is 28.0 Å². The van der Waals surface area contributed by atoms with E-state index in [1.807, 2.05) is 0 Å². The summed E-state index contributed by atoms with van der Waals surface area (Å²) >= 11 is 0. The normalized spacial score (nSPS) is 17.5. The number of hydrogen-bond acceptors (Lipinski definition) is 5. The first kappa shape index (κ1) is 19.4. The van der Waals surface area contributed by atoms with Crippen LogP contribution in [0.3, 0.4) is 0 Å². The van der Waals surface area contributed by atoms with E-state index < -0.39 is 19.9 Å². The van der Waals surface area contributed by atoms with Crippen LogP contribution in [0.4, 0.5) is 0 Å². The molecule has 1 heterocycles. The van der Waals surface area contributed by atoms with E-state index in [0.29, 0.717) is 19.6 Å². The van der Waals surface area contributed by atoms with Crippen LogP contribution in [0, 0.1) is 0 Å². The fourth-order valence-corrected chi connectivity index (χ4v) is 4.73. The molecule has 0 atom stereocenters. The highest BCUT2D eigenvalue weighted by Crippen LogP contribution is 2.20. The van der Waals surface area contributed by atoms with Gasteiger partial charge in [-0.1, -0.05) is 13.0 Å². The molecule has 22 heavy (non-hydrogen) atoms. The van der Waals surface area contributed by atoms with Gasteiger partial charge in [0, 0.05) is 19.6 Å². The minimum atomic E-state index is -3.65. The lowest BCUT2D eigenvalue weighted by atomic mass is 10.4. The largest absolute Gasteiger partial charge is 0.315 e. The number of sulfonamides is 1. The lowest BCUT2D eigenvalue weighted by Crippen LogP contribution is -2.34. The van der Waals surface area contributed by atoms with Crippen molar-refractivity contribution in [2.24, 2.45) is 0 Å². The average Bonchev–Trinajstić information content (AvgIpc) is 2.77. The van der Waals surface area contributed by atoms with Gasteiger partial charge in [0.15, 0.2) is 9.84 Å². The van der Waals surface area contributed by atoms with Crippen LogP contribution >= 0.6 is 12.4 Å². The molecule has 0 spiro atoms. The molecule has 0 radical (unpaired) electrons. The van der Waals surface area contributed by atoms with Gasteiger partial charge in [0.05, 0.1) is 15.5 Å². The maximum absolute atomic E-state index is 12.6. The predicted octanol–water partition coefficient (Wildman–Crippen LogP) is 0.886. The van der Waals surface area contributed by atoms with Crippen molar-refractivity contribution in [1.29, 1.82) is 0 Å². The van der Waals surface area contributed by atoms with Crippen LogP contribution in [0.5, 0.6) is 0 Å². The zero-order valence-corrected chi connectivity index (χ0v) is 14.8. The third-order valence-corrected chi connectivity index (χ3v) is 7.11. The predicted molar refractivity (Wildman–Crippen MR) is 87.7 cm³/mol. The van der Waals surface area contributed by atoms with Gasteiger partial charge in [0.1, 0.15) is 0 Å². The third kappa shape index (κ3) is 4.20. The van der Waals surface area contributed by atoms with Gasteiger partial charge in [-0.2, -0.15) is 4.31 Å². The van der Waals surface area contributed by atoms with E-state index in [9.17, 15) is 16.8 Å². The van der Waals surface area contributed by atoms with Gasteiger partial charge in [-0.3, -0.25) is 0 Å². The zero-order valence-electron chi connectivity index (χ0n) is 12.4. The monoisotopic (exact) mass is 368 g/mol. The highest BCUT2D eigenvalue weighted by atomic mass is 35.5. The molecule has 0 unspecified atom stereocenters. The van der Waals surface area contributed by atoms with Gasteiger partial charge >= 0.3 is 0 Å². The smallest absolute Gasteiger partial charge is 0.243 e. The molecule has 1 N–H and O–H groups in total. The van der Waals surface area contributed by atoms with E-state index in [2.05, 4.69) is 5.32 Å². The standard InChI is InChI=1S/C13H20N2O4S2.ClH/c1-2-20(16,17)12-5-3-6-13(11-12)21(18,19)15-9-4-7-14-8-10-15;/h3,5-6,11,14H,2,4,7-10H2,1H3;1H. The quantitative estimate of drug-likeness (QED) is 0.853. The molecule has 0 aliphatic carbocycles. The number of rotatable bonds is 4. The Morgan fingerprint density at radius 1 is 1.09 bits per heavy atom. The molecule has 1 aromatic rings. The SMILES string of the molecule is CCS(=O)(=O)c1cccc(S(=O)(=O)N2CCCNCC2)c1.Cl. The van der Waals surface area contributed by atoms with Gasteiger partial charge in [0.25, 0.3) is 0 Å². The summed E-state index contributed by atoms with van der Waals surface area (Å²) in [6.45, 7) is 3.77. The molecule has 1 saturated heterocycles. The molecule has 1 fully saturated rings. The summed E-state index contributed by atoms with van der Waals surface area (Å²) in [5.41, 5.74) is 0. The highest BCUT2D eigenvalue weighted by Gasteiger charge is 2.26. The molecule has 0 bridgehead atoms. The van der Waals surface area contributed by atoms with Crippen molar-refractivity contribution in [3.05, 3.63) is 24.3 Å². The molecule has 1 aliphatic heterocycles. The van der Waals surface area contributed by atoms with Crippen LogP contribution in [0.2, 0.25) is 0 Å². The Kier molecular flexibility index (Phi) is 6.82. The second kappa shape index (κ2) is 7.74. The molecule has 0 amide bonds. The number of benzene rings is 1. The first-order chi connectivity index (χ1) is 9.88. The number of nitrogens with one attached hydrogen (secondary N) is 1. The Bertz CT molecular complexity index is 697. The Labute approximate surface area is 138 Å². The van der Waals surface area contributed by atoms with Crippen LogP contribution in [-0.2, 0) is 19.9 Å². The van der Waals surface area contributed by atoms with Crippen molar-refractivity contribution in [2.45, 2.75) is 23.1 Å². The van der Waals surface area contributed by atoms with E-state index >= 15 is 0 Å². The zero-order chi connectivity index (χ0) is 15.5. The molecular formula is C13H21ClN2O4S2. The van der Waals surface area contributed by atoms with Crippen LogP contribution < -0.4 is 5.32 Å². The fourth-order valence-electron chi connectivity index (χ4n) is 2.21. The number of nitrogens with zero attached hydrogens (tertiary/aromatic N) is 1. The Morgan fingerprint density at radius 2 is 1.77 bits per heavy atom. The molecule has 1 aromatic carbocycles. The fraction of sp³-hybridized carbons (Fsp3) is 0.538.